The van der Waals surface area contributed by atoms with Crippen molar-refractivity contribution in [3.05, 3.63) is 76.9 Å². The molecule has 0 aliphatic carbocycles. The first kappa shape index (κ1) is 20.1. The molecule has 0 aliphatic heterocycles. The summed E-state index contributed by atoms with van der Waals surface area (Å²) >= 11 is 5.91. The van der Waals surface area contributed by atoms with Gasteiger partial charge >= 0.3 is 0 Å². The van der Waals surface area contributed by atoms with Crippen LogP contribution in [-0.4, -0.2) is 35.6 Å². The van der Waals surface area contributed by atoms with E-state index in [4.69, 9.17) is 16.1 Å². The lowest BCUT2D eigenvalue weighted by Crippen LogP contribution is -2.38. The lowest BCUT2D eigenvalue weighted by atomic mass is 10.0. The largest absolute Gasteiger partial charge is 0.355 e. The third-order valence-corrected chi connectivity index (χ3v) is 5.02. The molecule has 1 amide bonds. The molecule has 6 heteroatoms. The maximum absolute atomic E-state index is 12.6. The molecule has 3 rings (SSSR count). The molecule has 28 heavy (non-hydrogen) atoms. The highest BCUT2D eigenvalue weighted by molar-refractivity contribution is 6.30. The van der Waals surface area contributed by atoms with E-state index in [9.17, 15) is 4.79 Å². The van der Waals surface area contributed by atoms with Crippen LogP contribution in [0.2, 0.25) is 5.02 Å². The van der Waals surface area contributed by atoms with E-state index < -0.39 is 0 Å². The molecule has 2 aromatic carbocycles. The molecule has 146 valence electrons. The number of hydrogen-bond acceptors (Lipinski definition) is 4. The number of likely N-dealkylation sites (N-methyl/N-ethyl adjacent to an activating group) is 1. The number of carbonyl (C=O) groups excluding carboxylic acids is 1. The monoisotopic (exact) mass is 397 g/mol. The number of rotatable bonds is 8. The van der Waals surface area contributed by atoms with E-state index in [0.717, 1.165) is 18.7 Å². The third kappa shape index (κ3) is 4.80. The van der Waals surface area contributed by atoms with E-state index in [1.807, 2.05) is 30.3 Å². The maximum Gasteiger partial charge on any atom is 0.273 e. The van der Waals surface area contributed by atoms with E-state index >= 15 is 0 Å². The van der Waals surface area contributed by atoms with Gasteiger partial charge in [0.1, 0.15) is 0 Å². The highest BCUT2D eigenvalue weighted by Crippen LogP contribution is 2.23. The average molecular weight is 398 g/mol. The van der Waals surface area contributed by atoms with Gasteiger partial charge in [0, 0.05) is 23.2 Å². The summed E-state index contributed by atoms with van der Waals surface area (Å²) in [6.07, 6.45) is 0. The number of nitrogens with zero attached hydrogens (tertiary/aromatic N) is 2. The second-order valence-corrected chi connectivity index (χ2v) is 6.88. The Morgan fingerprint density at radius 3 is 2.43 bits per heavy atom. The van der Waals surface area contributed by atoms with E-state index in [1.165, 1.54) is 5.56 Å². The summed E-state index contributed by atoms with van der Waals surface area (Å²) < 4.78 is 5.33. The second-order valence-electron chi connectivity index (χ2n) is 6.44. The lowest BCUT2D eigenvalue weighted by molar-refractivity contribution is 0.0926. The van der Waals surface area contributed by atoms with Gasteiger partial charge in [0.25, 0.3) is 5.91 Å². The molecule has 1 heterocycles. The van der Waals surface area contributed by atoms with Gasteiger partial charge in [-0.25, -0.2) is 0 Å². The van der Waals surface area contributed by atoms with Crippen LogP contribution in [0.1, 0.15) is 35.9 Å². The molecule has 1 atom stereocenters. The number of hydrogen-bond donors (Lipinski definition) is 1. The number of aromatic nitrogens is 1. The van der Waals surface area contributed by atoms with Crippen molar-refractivity contribution in [2.24, 2.45) is 0 Å². The van der Waals surface area contributed by atoms with Crippen LogP contribution in [0, 0.1) is 0 Å². The molecule has 0 saturated carbocycles. The molecule has 0 fully saturated rings. The zero-order chi connectivity index (χ0) is 19.9. The predicted octanol–water partition coefficient (Wildman–Crippen LogP) is 4.81. The van der Waals surface area contributed by atoms with Gasteiger partial charge in [-0.3, -0.25) is 9.69 Å². The van der Waals surface area contributed by atoms with Crippen LogP contribution in [0.25, 0.3) is 11.3 Å². The maximum atomic E-state index is 12.6. The minimum Gasteiger partial charge on any atom is -0.355 e. The van der Waals surface area contributed by atoms with Crippen LogP contribution in [0.3, 0.4) is 0 Å². The molecule has 0 unspecified atom stereocenters. The highest BCUT2D eigenvalue weighted by Gasteiger charge is 2.20. The molecule has 0 saturated heterocycles. The second kappa shape index (κ2) is 9.53. The number of halogens is 1. The zero-order valence-electron chi connectivity index (χ0n) is 16.1. The molecule has 1 aromatic heterocycles. The molecule has 3 aromatic rings. The average Bonchev–Trinajstić information content (AvgIpc) is 3.22. The Balaban J connectivity index is 1.70. The van der Waals surface area contributed by atoms with Crippen LogP contribution in [0.15, 0.2) is 65.2 Å². The molecule has 0 bridgehead atoms. The van der Waals surface area contributed by atoms with Gasteiger partial charge in [-0.2, -0.15) is 0 Å². The van der Waals surface area contributed by atoms with Gasteiger partial charge in [0.2, 0.25) is 0 Å². The zero-order valence-corrected chi connectivity index (χ0v) is 16.8. The normalized spacial score (nSPS) is 12.1. The molecule has 0 aliphatic rings. The summed E-state index contributed by atoms with van der Waals surface area (Å²) in [5, 5.41) is 7.56. The Morgan fingerprint density at radius 2 is 1.79 bits per heavy atom. The van der Waals surface area contributed by atoms with Crippen molar-refractivity contribution in [3.63, 3.8) is 0 Å². The summed E-state index contributed by atoms with van der Waals surface area (Å²) in [5.41, 5.74) is 2.26. The van der Waals surface area contributed by atoms with Gasteiger partial charge in [-0.05, 0) is 42.9 Å². The Kier molecular flexibility index (Phi) is 6.85. The fourth-order valence-electron chi connectivity index (χ4n) is 3.21. The first-order valence-electron chi connectivity index (χ1n) is 9.42. The summed E-state index contributed by atoms with van der Waals surface area (Å²) in [6.45, 7) is 6.54. The van der Waals surface area contributed by atoms with Crippen molar-refractivity contribution in [2.45, 2.75) is 19.9 Å². The van der Waals surface area contributed by atoms with Crippen LogP contribution < -0.4 is 5.32 Å². The summed E-state index contributed by atoms with van der Waals surface area (Å²) in [5.74, 6) is 0.280. The predicted molar refractivity (Wildman–Crippen MR) is 111 cm³/mol. The van der Waals surface area contributed by atoms with E-state index in [-0.39, 0.29) is 17.6 Å². The van der Waals surface area contributed by atoms with Gasteiger partial charge in [-0.1, -0.05) is 60.9 Å². The van der Waals surface area contributed by atoms with Crippen LogP contribution in [-0.2, 0) is 0 Å². The first-order valence-corrected chi connectivity index (χ1v) is 9.80. The minimum absolute atomic E-state index is 0.0998. The molecule has 5 nitrogen and oxygen atoms in total. The van der Waals surface area contributed by atoms with Crippen molar-refractivity contribution in [2.75, 3.05) is 19.6 Å². The van der Waals surface area contributed by atoms with Crippen LogP contribution in [0.4, 0.5) is 0 Å². The Hall–Kier alpha value is -2.63. The molecular formula is C22H24ClN3O2. The smallest absolute Gasteiger partial charge is 0.273 e. The van der Waals surface area contributed by atoms with Crippen LogP contribution >= 0.6 is 11.6 Å². The minimum atomic E-state index is -0.253. The molecule has 0 spiro atoms. The van der Waals surface area contributed by atoms with E-state index in [2.05, 4.69) is 41.4 Å². The summed E-state index contributed by atoms with van der Waals surface area (Å²) in [6, 6.07) is 19.2. The van der Waals surface area contributed by atoms with Gasteiger partial charge in [-0.15, -0.1) is 0 Å². The van der Waals surface area contributed by atoms with Gasteiger partial charge in [0.05, 0.1) is 6.04 Å². The van der Waals surface area contributed by atoms with Crippen LogP contribution in [0.5, 0.6) is 0 Å². The molecule has 1 N–H and O–H groups in total. The van der Waals surface area contributed by atoms with Crippen molar-refractivity contribution in [1.82, 2.24) is 15.4 Å². The van der Waals surface area contributed by atoms with Crippen molar-refractivity contribution < 1.29 is 9.32 Å². The Labute approximate surface area is 170 Å². The van der Waals surface area contributed by atoms with Gasteiger partial charge in [0.15, 0.2) is 11.5 Å². The Morgan fingerprint density at radius 1 is 1.11 bits per heavy atom. The number of benzene rings is 2. The summed E-state index contributed by atoms with van der Waals surface area (Å²) in [4.78, 5) is 14.9. The number of nitrogens with one attached hydrogen (secondary N) is 1. The van der Waals surface area contributed by atoms with E-state index in [0.29, 0.717) is 17.3 Å². The topological polar surface area (TPSA) is 58.4 Å². The lowest BCUT2D eigenvalue weighted by Gasteiger charge is -2.30. The molecule has 0 radical (unpaired) electrons. The third-order valence-electron chi connectivity index (χ3n) is 4.76. The highest BCUT2D eigenvalue weighted by atomic mass is 35.5. The SMILES string of the molecule is CCN(CC)[C@@H](CNC(=O)c1cc(-c2ccc(Cl)cc2)on1)c1ccccc1. The number of amides is 1. The summed E-state index contributed by atoms with van der Waals surface area (Å²) in [7, 11) is 0. The fraction of sp³-hybridized carbons (Fsp3) is 0.273. The fourth-order valence-corrected chi connectivity index (χ4v) is 3.34. The Bertz CT molecular complexity index is 890. The first-order chi connectivity index (χ1) is 13.6. The van der Waals surface area contributed by atoms with Crippen molar-refractivity contribution >= 4 is 17.5 Å². The quantitative estimate of drug-likeness (QED) is 0.592. The number of carbonyl (C=O) groups is 1. The van der Waals surface area contributed by atoms with E-state index in [1.54, 1.807) is 18.2 Å². The van der Waals surface area contributed by atoms with Crippen molar-refractivity contribution in [3.8, 4) is 11.3 Å². The molecular weight excluding hydrogens is 374 g/mol. The standard InChI is InChI=1S/C22H24ClN3O2/c1-3-26(4-2)20(16-8-6-5-7-9-16)15-24-22(27)19-14-21(28-25-19)17-10-12-18(23)13-11-17/h5-14,20H,3-4,15H2,1-2H3,(H,24,27)/t20-/m0/s1. The van der Waals surface area contributed by atoms with Crippen molar-refractivity contribution in [1.29, 1.82) is 0 Å². The van der Waals surface area contributed by atoms with Gasteiger partial charge < -0.3 is 9.84 Å².